The molecule has 4 heteroatoms. The third-order valence-electron chi connectivity index (χ3n) is 3.10. The number of hydrogen-bond donors (Lipinski definition) is 2. The molecule has 0 atom stereocenters. The van der Waals surface area contributed by atoms with Crippen molar-refractivity contribution in [2.24, 2.45) is 5.92 Å². The number of urea groups is 1. The van der Waals surface area contributed by atoms with E-state index in [4.69, 9.17) is 11.6 Å². The molecule has 0 unspecified atom stereocenters. The lowest BCUT2D eigenvalue weighted by atomic mass is 10.0. The maximum atomic E-state index is 11.6. The highest BCUT2D eigenvalue weighted by Gasteiger charge is 2.06. The monoisotopic (exact) mass is 268 g/mol. The minimum atomic E-state index is -0.137. The summed E-state index contributed by atoms with van der Waals surface area (Å²) < 4.78 is 0. The molecule has 0 heterocycles. The molecular weight excluding hydrogens is 248 g/mol. The average molecular weight is 269 g/mol. The van der Waals surface area contributed by atoms with Crippen LogP contribution in [-0.2, 0) is 6.54 Å². The summed E-state index contributed by atoms with van der Waals surface area (Å²) >= 11 is 6.01. The summed E-state index contributed by atoms with van der Waals surface area (Å²) in [6, 6.07) is 7.37. The zero-order chi connectivity index (χ0) is 13.4. The van der Waals surface area contributed by atoms with Crippen LogP contribution >= 0.6 is 11.6 Å². The Balaban J connectivity index is 2.31. The molecule has 0 spiro atoms. The Hall–Kier alpha value is -1.22. The summed E-state index contributed by atoms with van der Waals surface area (Å²) in [4.78, 5) is 11.6. The smallest absolute Gasteiger partial charge is 0.315 e. The van der Waals surface area contributed by atoms with Crippen LogP contribution in [0.4, 0.5) is 4.79 Å². The Morgan fingerprint density at radius 1 is 1.22 bits per heavy atom. The molecule has 3 nitrogen and oxygen atoms in total. The van der Waals surface area contributed by atoms with Gasteiger partial charge in [0.15, 0.2) is 0 Å². The maximum Gasteiger partial charge on any atom is 0.315 e. The number of amides is 2. The predicted octanol–water partition coefficient (Wildman–Crippen LogP) is 3.58. The van der Waals surface area contributed by atoms with Gasteiger partial charge in [-0.05, 0) is 17.5 Å². The molecule has 18 heavy (non-hydrogen) atoms. The lowest BCUT2D eigenvalue weighted by Gasteiger charge is -2.14. The van der Waals surface area contributed by atoms with E-state index in [0.29, 0.717) is 17.5 Å². The van der Waals surface area contributed by atoms with Crippen LogP contribution in [0.3, 0.4) is 0 Å². The number of nitrogens with one attached hydrogen (secondary N) is 2. The molecule has 0 bridgehead atoms. The minimum absolute atomic E-state index is 0.137. The topological polar surface area (TPSA) is 41.1 Å². The van der Waals surface area contributed by atoms with Crippen LogP contribution in [0, 0.1) is 5.92 Å². The SMILES string of the molecule is CCC(CC)CNC(=O)NCc1ccccc1Cl. The van der Waals surface area contributed by atoms with Crippen LogP contribution in [0.25, 0.3) is 0 Å². The van der Waals surface area contributed by atoms with Gasteiger partial charge in [-0.15, -0.1) is 0 Å². The van der Waals surface area contributed by atoms with Gasteiger partial charge in [0.2, 0.25) is 0 Å². The van der Waals surface area contributed by atoms with Crippen LogP contribution < -0.4 is 10.6 Å². The number of benzene rings is 1. The van der Waals surface area contributed by atoms with Crippen LogP contribution in [0.1, 0.15) is 32.3 Å². The summed E-state index contributed by atoms with van der Waals surface area (Å²) in [5.41, 5.74) is 0.928. The van der Waals surface area contributed by atoms with Crippen molar-refractivity contribution in [2.45, 2.75) is 33.2 Å². The molecule has 0 aliphatic heterocycles. The van der Waals surface area contributed by atoms with Crippen molar-refractivity contribution in [3.05, 3.63) is 34.9 Å². The Kier molecular flexibility index (Phi) is 6.58. The number of halogens is 1. The Labute approximate surface area is 114 Å². The second-order valence-corrected chi connectivity index (χ2v) is 4.74. The number of carbonyl (C=O) groups excluding carboxylic acids is 1. The highest BCUT2D eigenvalue weighted by atomic mass is 35.5. The first-order chi connectivity index (χ1) is 8.67. The molecular formula is C14H21ClN2O. The van der Waals surface area contributed by atoms with E-state index in [-0.39, 0.29) is 6.03 Å². The van der Waals surface area contributed by atoms with Gasteiger partial charge < -0.3 is 10.6 Å². The summed E-state index contributed by atoms with van der Waals surface area (Å²) in [7, 11) is 0. The van der Waals surface area contributed by atoms with Gasteiger partial charge >= 0.3 is 6.03 Å². The molecule has 100 valence electrons. The van der Waals surface area contributed by atoms with Crippen molar-refractivity contribution in [3.63, 3.8) is 0 Å². The molecule has 1 aromatic rings. The second kappa shape index (κ2) is 7.98. The quantitative estimate of drug-likeness (QED) is 0.814. The molecule has 0 aliphatic carbocycles. The third-order valence-corrected chi connectivity index (χ3v) is 3.47. The first-order valence-corrected chi connectivity index (χ1v) is 6.80. The molecule has 0 aromatic heterocycles. The van der Waals surface area contributed by atoms with Gasteiger partial charge in [0.05, 0.1) is 0 Å². The van der Waals surface area contributed by atoms with Gasteiger partial charge in [-0.3, -0.25) is 0 Å². The van der Waals surface area contributed by atoms with Crippen molar-refractivity contribution in [1.82, 2.24) is 10.6 Å². The molecule has 0 radical (unpaired) electrons. The van der Waals surface area contributed by atoms with Gasteiger partial charge in [0.1, 0.15) is 0 Å². The van der Waals surface area contributed by atoms with Gasteiger partial charge in [-0.1, -0.05) is 56.5 Å². The van der Waals surface area contributed by atoms with Crippen LogP contribution in [0.15, 0.2) is 24.3 Å². The summed E-state index contributed by atoms with van der Waals surface area (Å²) in [5, 5.41) is 6.37. The van der Waals surface area contributed by atoms with Gasteiger partial charge in [0, 0.05) is 18.1 Å². The number of rotatable bonds is 6. The molecule has 1 rings (SSSR count). The normalized spacial score (nSPS) is 10.4. The molecule has 0 aliphatic rings. The average Bonchev–Trinajstić information content (AvgIpc) is 2.39. The van der Waals surface area contributed by atoms with Crippen molar-refractivity contribution >= 4 is 17.6 Å². The van der Waals surface area contributed by atoms with Gasteiger partial charge in [-0.2, -0.15) is 0 Å². The second-order valence-electron chi connectivity index (χ2n) is 4.34. The van der Waals surface area contributed by atoms with E-state index in [1.807, 2.05) is 24.3 Å². The van der Waals surface area contributed by atoms with Crippen LogP contribution in [-0.4, -0.2) is 12.6 Å². The van der Waals surface area contributed by atoms with Crippen molar-refractivity contribution < 1.29 is 4.79 Å². The first-order valence-electron chi connectivity index (χ1n) is 6.42. The van der Waals surface area contributed by atoms with E-state index in [0.717, 1.165) is 24.9 Å². The molecule has 0 saturated carbocycles. The van der Waals surface area contributed by atoms with Crippen molar-refractivity contribution in [2.75, 3.05) is 6.54 Å². The van der Waals surface area contributed by atoms with E-state index in [2.05, 4.69) is 24.5 Å². The fraction of sp³-hybridized carbons (Fsp3) is 0.500. The molecule has 0 fully saturated rings. The Morgan fingerprint density at radius 3 is 2.50 bits per heavy atom. The molecule has 2 amide bonds. The van der Waals surface area contributed by atoms with E-state index >= 15 is 0 Å². The summed E-state index contributed by atoms with van der Waals surface area (Å²) in [6.07, 6.45) is 2.17. The highest BCUT2D eigenvalue weighted by Crippen LogP contribution is 2.14. The molecule has 0 saturated heterocycles. The number of carbonyl (C=O) groups is 1. The zero-order valence-electron chi connectivity index (χ0n) is 11.0. The number of hydrogen-bond acceptors (Lipinski definition) is 1. The molecule has 2 N–H and O–H groups in total. The maximum absolute atomic E-state index is 11.6. The first kappa shape index (κ1) is 14.8. The van der Waals surface area contributed by atoms with Crippen LogP contribution in [0.2, 0.25) is 5.02 Å². The predicted molar refractivity (Wildman–Crippen MR) is 75.8 cm³/mol. The van der Waals surface area contributed by atoms with E-state index < -0.39 is 0 Å². The summed E-state index contributed by atoms with van der Waals surface area (Å²) in [5.74, 6) is 0.552. The van der Waals surface area contributed by atoms with Gasteiger partial charge in [-0.25, -0.2) is 4.79 Å². The Morgan fingerprint density at radius 2 is 1.89 bits per heavy atom. The van der Waals surface area contributed by atoms with Crippen molar-refractivity contribution in [1.29, 1.82) is 0 Å². The largest absolute Gasteiger partial charge is 0.338 e. The van der Waals surface area contributed by atoms with Crippen molar-refractivity contribution in [3.8, 4) is 0 Å². The van der Waals surface area contributed by atoms with Gasteiger partial charge in [0.25, 0.3) is 0 Å². The van der Waals surface area contributed by atoms with E-state index in [1.54, 1.807) is 0 Å². The fourth-order valence-corrected chi connectivity index (χ4v) is 1.90. The molecule has 1 aromatic carbocycles. The Bertz CT molecular complexity index is 378. The summed E-state index contributed by atoms with van der Waals surface area (Å²) in [6.45, 7) is 5.45. The zero-order valence-corrected chi connectivity index (χ0v) is 11.8. The lowest BCUT2D eigenvalue weighted by molar-refractivity contribution is 0.238. The van der Waals surface area contributed by atoms with E-state index in [1.165, 1.54) is 0 Å². The standard InChI is InChI=1S/C14H21ClN2O/c1-3-11(4-2)9-16-14(18)17-10-12-7-5-6-8-13(12)15/h5-8,11H,3-4,9-10H2,1-2H3,(H2,16,17,18). The minimum Gasteiger partial charge on any atom is -0.338 e. The van der Waals surface area contributed by atoms with Crippen LogP contribution in [0.5, 0.6) is 0 Å². The highest BCUT2D eigenvalue weighted by molar-refractivity contribution is 6.31. The lowest BCUT2D eigenvalue weighted by Crippen LogP contribution is -2.37. The fourth-order valence-electron chi connectivity index (χ4n) is 1.69. The third kappa shape index (κ3) is 4.96. The van der Waals surface area contributed by atoms with E-state index in [9.17, 15) is 4.79 Å².